The van der Waals surface area contributed by atoms with Gasteiger partial charge < -0.3 is 10.6 Å². The minimum atomic E-state index is -3.62. The molecule has 0 aromatic carbocycles. The monoisotopic (exact) mass is 305 g/mol. The molecule has 2 N–H and O–H groups in total. The van der Waals surface area contributed by atoms with Gasteiger partial charge in [-0.2, -0.15) is 8.42 Å². The van der Waals surface area contributed by atoms with Crippen LogP contribution in [-0.2, 0) is 10.0 Å². The fourth-order valence-electron chi connectivity index (χ4n) is 2.25. The number of nitrogens with zero attached hydrogens (tertiary/aromatic N) is 1. The first-order valence-corrected chi connectivity index (χ1v) is 8.36. The van der Waals surface area contributed by atoms with E-state index in [4.69, 9.17) is 11.6 Å². The van der Waals surface area contributed by atoms with Gasteiger partial charge in [-0.05, 0) is 18.9 Å². The molecule has 98 valence electrons. The number of rotatable bonds is 1. The molecular weight excluding hydrogens is 294 g/mol. The minimum absolute atomic E-state index is 0.162. The third kappa shape index (κ3) is 2.22. The van der Waals surface area contributed by atoms with Crippen LogP contribution < -0.4 is 10.6 Å². The Bertz CT molecular complexity index is 603. The highest BCUT2D eigenvalue weighted by atomic mass is 35.5. The second kappa shape index (κ2) is 4.40. The maximum absolute atomic E-state index is 12.0. The highest BCUT2D eigenvalue weighted by Gasteiger charge is 2.28. The van der Waals surface area contributed by atoms with Gasteiger partial charge in [0.2, 0.25) is 5.96 Å². The van der Waals surface area contributed by atoms with Gasteiger partial charge in [0.15, 0.2) is 0 Å². The Morgan fingerprint density at radius 2 is 2.17 bits per heavy atom. The molecule has 0 bridgehead atoms. The Morgan fingerprint density at radius 1 is 1.44 bits per heavy atom. The number of hydrogen-bond acceptors (Lipinski definition) is 5. The topological polar surface area (TPSA) is 70.6 Å². The average Bonchev–Trinajstić information content (AvgIpc) is 2.86. The molecule has 0 amide bonds. The van der Waals surface area contributed by atoms with Crippen LogP contribution in [0.25, 0.3) is 0 Å². The number of anilines is 1. The summed E-state index contributed by atoms with van der Waals surface area (Å²) in [5, 5.41) is 6.68. The van der Waals surface area contributed by atoms with Crippen molar-refractivity contribution in [3.05, 3.63) is 10.4 Å². The standard InChI is InChI=1S/C10H12ClN3O2S2/c11-8-5-7-9(17-8)13-10(14-18(7,15)16)12-6-3-1-2-4-6/h5-6H,1-4H2,(H2,12,13,14). The van der Waals surface area contributed by atoms with Crippen molar-refractivity contribution in [1.29, 1.82) is 0 Å². The van der Waals surface area contributed by atoms with Crippen LogP contribution in [0.3, 0.4) is 0 Å². The third-order valence-electron chi connectivity index (χ3n) is 3.09. The van der Waals surface area contributed by atoms with Gasteiger partial charge in [0, 0.05) is 6.04 Å². The van der Waals surface area contributed by atoms with Gasteiger partial charge in [-0.1, -0.05) is 24.4 Å². The normalized spacial score (nSPS) is 22.2. The summed E-state index contributed by atoms with van der Waals surface area (Å²) in [6, 6.07) is 1.74. The van der Waals surface area contributed by atoms with Crippen molar-refractivity contribution in [3.8, 4) is 0 Å². The molecule has 0 atom stereocenters. The van der Waals surface area contributed by atoms with E-state index in [-0.39, 0.29) is 4.90 Å². The number of halogens is 1. The van der Waals surface area contributed by atoms with Crippen LogP contribution in [0.15, 0.2) is 15.4 Å². The molecule has 1 saturated carbocycles. The number of nitrogens with one attached hydrogen (secondary N) is 2. The molecule has 1 aliphatic carbocycles. The van der Waals surface area contributed by atoms with E-state index in [1.807, 2.05) is 0 Å². The maximum Gasteiger partial charge on any atom is 0.288 e. The Balaban J connectivity index is 1.88. The van der Waals surface area contributed by atoms with Gasteiger partial charge in [-0.15, -0.1) is 15.7 Å². The van der Waals surface area contributed by atoms with Crippen molar-refractivity contribution in [1.82, 2.24) is 5.32 Å². The predicted octanol–water partition coefficient (Wildman–Crippen LogP) is 2.40. The molecule has 1 aliphatic heterocycles. The Labute approximate surface area is 114 Å². The van der Waals surface area contributed by atoms with E-state index in [1.54, 1.807) is 0 Å². The zero-order chi connectivity index (χ0) is 12.8. The quantitative estimate of drug-likeness (QED) is 0.836. The second-order valence-corrected chi connectivity index (χ2v) is 7.67. The fourth-order valence-corrected chi connectivity index (χ4v) is 4.84. The van der Waals surface area contributed by atoms with Crippen LogP contribution in [0.4, 0.5) is 5.00 Å². The highest BCUT2D eigenvalue weighted by Crippen LogP contribution is 2.37. The van der Waals surface area contributed by atoms with Crippen LogP contribution in [0.5, 0.6) is 0 Å². The molecule has 8 heteroatoms. The van der Waals surface area contributed by atoms with Gasteiger partial charge >= 0.3 is 0 Å². The van der Waals surface area contributed by atoms with Crippen LogP contribution in [0.1, 0.15) is 25.7 Å². The van der Waals surface area contributed by atoms with Crippen molar-refractivity contribution in [2.24, 2.45) is 4.40 Å². The van der Waals surface area contributed by atoms with E-state index in [9.17, 15) is 8.42 Å². The third-order valence-corrected chi connectivity index (χ3v) is 5.69. The molecule has 1 aromatic rings. The maximum atomic E-state index is 12.0. The lowest BCUT2D eigenvalue weighted by atomic mass is 10.2. The summed E-state index contributed by atoms with van der Waals surface area (Å²) in [7, 11) is -3.62. The van der Waals surface area contributed by atoms with Crippen molar-refractivity contribution in [2.45, 2.75) is 36.6 Å². The van der Waals surface area contributed by atoms with E-state index in [0.29, 0.717) is 21.3 Å². The van der Waals surface area contributed by atoms with Crippen molar-refractivity contribution in [3.63, 3.8) is 0 Å². The first kappa shape index (κ1) is 12.3. The molecule has 0 unspecified atom stereocenters. The molecule has 2 heterocycles. The molecule has 1 fully saturated rings. The average molecular weight is 306 g/mol. The van der Waals surface area contributed by atoms with Gasteiger partial charge in [0.05, 0.1) is 4.34 Å². The van der Waals surface area contributed by atoms with Gasteiger partial charge in [-0.25, -0.2) is 0 Å². The predicted molar refractivity (Wildman–Crippen MR) is 73.0 cm³/mol. The largest absolute Gasteiger partial charge is 0.352 e. The lowest BCUT2D eigenvalue weighted by molar-refractivity contribution is 0.595. The van der Waals surface area contributed by atoms with Gasteiger partial charge in [0.25, 0.3) is 10.0 Å². The SMILES string of the molecule is O=S1(=O)N=C(NC2CCCC2)Nc2sc(Cl)cc21. The van der Waals surface area contributed by atoms with Crippen molar-refractivity contribution in [2.75, 3.05) is 5.32 Å². The number of fused-ring (bicyclic) bond motifs is 1. The molecular formula is C10H12ClN3O2S2. The highest BCUT2D eigenvalue weighted by molar-refractivity contribution is 7.90. The molecule has 18 heavy (non-hydrogen) atoms. The van der Waals surface area contributed by atoms with Crippen molar-refractivity contribution >= 4 is 43.9 Å². The number of guanidine groups is 1. The summed E-state index contributed by atoms with van der Waals surface area (Å²) in [6.07, 6.45) is 4.46. The molecule has 0 spiro atoms. The first-order valence-electron chi connectivity index (χ1n) is 5.72. The second-order valence-electron chi connectivity index (χ2n) is 4.41. The number of hydrogen-bond donors (Lipinski definition) is 2. The molecule has 5 nitrogen and oxygen atoms in total. The van der Waals surface area contributed by atoms with Gasteiger partial charge in [-0.3, -0.25) is 0 Å². The van der Waals surface area contributed by atoms with E-state index in [1.165, 1.54) is 30.2 Å². The first-order chi connectivity index (χ1) is 8.54. The summed E-state index contributed by atoms with van der Waals surface area (Å²) < 4.78 is 28.1. The summed E-state index contributed by atoms with van der Waals surface area (Å²) in [6.45, 7) is 0. The summed E-state index contributed by atoms with van der Waals surface area (Å²) in [5.74, 6) is 0.313. The Morgan fingerprint density at radius 3 is 2.89 bits per heavy atom. The molecule has 3 rings (SSSR count). The van der Waals surface area contributed by atoms with Crippen molar-refractivity contribution < 1.29 is 8.42 Å². The smallest absolute Gasteiger partial charge is 0.288 e. The lowest BCUT2D eigenvalue weighted by Gasteiger charge is -2.19. The minimum Gasteiger partial charge on any atom is -0.352 e. The lowest BCUT2D eigenvalue weighted by Crippen LogP contribution is -2.39. The molecule has 1 aromatic heterocycles. The summed E-state index contributed by atoms with van der Waals surface area (Å²) in [4.78, 5) is 0.162. The van der Waals surface area contributed by atoms with E-state index in [2.05, 4.69) is 15.0 Å². The van der Waals surface area contributed by atoms with Crippen LogP contribution in [-0.4, -0.2) is 20.4 Å². The summed E-state index contributed by atoms with van der Waals surface area (Å²) >= 11 is 7.05. The van der Waals surface area contributed by atoms with Crippen LogP contribution in [0, 0.1) is 0 Å². The zero-order valence-corrected chi connectivity index (χ0v) is 11.8. The Hall–Kier alpha value is -0.790. The molecule has 0 saturated heterocycles. The summed E-state index contributed by atoms with van der Waals surface area (Å²) in [5.41, 5.74) is 0. The zero-order valence-electron chi connectivity index (χ0n) is 9.44. The van der Waals surface area contributed by atoms with E-state index in [0.717, 1.165) is 12.8 Å². The van der Waals surface area contributed by atoms with E-state index < -0.39 is 10.0 Å². The Kier molecular flexibility index (Phi) is 2.99. The van der Waals surface area contributed by atoms with E-state index >= 15 is 0 Å². The molecule has 2 aliphatic rings. The van der Waals surface area contributed by atoms with Crippen LogP contribution in [0.2, 0.25) is 4.34 Å². The molecule has 0 radical (unpaired) electrons. The fraction of sp³-hybridized carbons (Fsp3) is 0.500. The number of sulfonamides is 1. The van der Waals surface area contributed by atoms with Gasteiger partial charge in [0.1, 0.15) is 9.90 Å². The van der Waals surface area contributed by atoms with Crippen LogP contribution >= 0.6 is 22.9 Å². The number of thiophene rings is 1.